The molecule has 0 saturated carbocycles. The molecule has 7 nitrogen and oxygen atoms in total. The van der Waals surface area contributed by atoms with Gasteiger partial charge < -0.3 is 19.6 Å². The molecule has 2 aliphatic rings. The lowest BCUT2D eigenvalue weighted by Crippen LogP contribution is -2.40. The fraction of sp³-hybridized carbons (Fsp3) is 0.471. The van der Waals surface area contributed by atoms with E-state index >= 15 is 0 Å². The minimum Gasteiger partial charge on any atom is -0.497 e. The van der Waals surface area contributed by atoms with Gasteiger partial charge >= 0.3 is 5.97 Å². The lowest BCUT2D eigenvalue weighted by molar-refractivity contribution is -0.141. The van der Waals surface area contributed by atoms with Crippen LogP contribution in [0.1, 0.15) is 23.2 Å². The van der Waals surface area contributed by atoms with Crippen LogP contribution in [-0.2, 0) is 9.59 Å². The van der Waals surface area contributed by atoms with Crippen molar-refractivity contribution in [2.24, 2.45) is 5.92 Å². The highest BCUT2D eigenvalue weighted by atomic mass is 16.5. The Balaban J connectivity index is 1.66. The fourth-order valence-electron chi connectivity index (χ4n) is 3.37. The van der Waals surface area contributed by atoms with Crippen molar-refractivity contribution in [1.82, 2.24) is 9.80 Å². The van der Waals surface area contributed by atoms with Gasteiger partial charge in [0.1, 0.15) is 5.75 Å². The van der Waals surface area contributed by atoms with Gasteiger partial charge in [-0.3, -0.25) is 14.4 Å². The van der Waals surface area contributed by atoms with Crippen LogP contribution in [0.3, 0.4) is 0 Å². The highest BCUT2D eigenvalue weighted by Crippen LogP contribution is 2.26. The van der Waals surface area contributed by atoms with Crippen LogP contribution in [0, 0.1) is 5.92 Å². The number of carboxylic acids is 1. The van der Waals surface area contributed by atoms with Gasteiger partial charge in [0.15, 0.2) is 0 Å². The van der Waals surface area contributed by atoms with Gasteiger partial charge in [-0.1, -0.05) is 6.07 Å². The quantitative estimate of drug-likeness (QED) is 0.883. The Bertz CT molecular complexity index is 675. The van der Waals surface area contributed by atoms with Crippen molar-refractivity contribution >= 4 is 17.8 Å². The van der Waals surface area contributed by atoms with Gasteiger partial charge in [0.2, 0.25) is 5.91 Å². The summed E-state index contributed by atoms with van der Waals surface area (Å²) >= 11 is 0. The lowest BCUT2D eigenvalue weighted by Gasteiger charge is -2.24. The van der Waals surface area contributed by atoms with E-state index < -0.39 is 11.9 Å². The number of aliphatic carboxylic acids is 1. The van der Waals surface area contributed by atoms with Crippen LogP contribution in [0.25, 0.3) is 0 Å². The number of hydrogen-bond donors (Lipinski definition) is 1. The number of methoxy groups -OCH3 is 1. The molecule has 0 aliphatic carbocycles. The van der Waals surface area contributed by atoms with E-state index in [1.807, 2.05) is 0 Å². The van der Waals surface area contributed by atoms with Crippen molar-refractivity contribution in [1.29, 1.82) is 0 Å². The first-order valence-electron chi connectivity index (χ1n) is 7.95. The van der Waals surface area contributed by atoms with E-state index in [1.165, 1.54) is 0 Å². The van der Waals surface area contributed by atoms with E-state index in [2.05, 4.69) is 0 Å². The number of rotatable bonds is 4. The molecule has 2 fully saturated rings. The van der Waals surface area contributed by atoms with E-state index in [0.29, 0.717) is 30.8 Å². The van der Waals surface area contributed by atoms with E-state index in [4.69, 9.17) is 9.84 Å². The summed E-state index contributed by atoms with van der Waals surface area (Å²) in [5.74, 6) is -1.19. The Labute approximate surface area is 139 Å². The zero-order valence-corrected chi connectivity index (χ0v) is 13.5. The predicted molar refractivity (Wildman–Crippen MR) is 84.8 cm³/mol. The molecule has 3 rings (SSSR count). The molecule has 1 N–H and O–H groups in total. The maximum absolute atomic E-state index is 12.6. The summed E-state index contributed by atoms with van der Waals surface area (Å²) < 4.78 is 5.14. The van der Waals surface area contributed by atoms with Crippen LogP contribution in [0.5, 0.6) is 5.75 Å². The van der Waals surface area contributed by atoms with E-state index in [1.54, 1.807) is 41.2 Å². The van der Waals surface area contributed by atoms with Crippen LogP contribution in [-0.4, -0.2) is 65.5 Å². The van der Waals surface area contributed by atoms with Gasteiger partial charge in [0.25, 0.3) is 5.91 Å². The minimum atomic E-state index is -0.937. The number of hydrogen-bond acceptors (Lipinski definition) is 4. The molecule has 2 atom stereocenters. The molecule has 24 heavy (non-hydrogen) atoms. The van der Waals surface area contributed by atoms with Gasteiger partial charge in [-0.15, -0.1) is 0 Å². The highest BCUT2D eigenvalue weighted by molar-refractivity contribution is 5.95. The molecule has 7 heteroatoms. The van der Waals surface area contributed by atoms with Crippen LogP contribution >= 0.6 is 0 Å². The SMILES string of the molecule is COc1cccc(C(=O)N2CCC(N3CC(C(=O)O)CC3=O)C2)c1. The first kappa shape index (κ1) is 16.3. The Morgan fingerprint density at radius 1 is 1.29 bits per heavy atom. The second-order valence-electron chi connectivity index (χ2n) is 6.21. The molecule has 128 valence electrons. The highest BCUT2D eigenvalue weighted by Gasteiger charge is 2.41. The van der Waals surface area contributed by atoms with Gasteiger partial charge in [-0.25, -0.2) is 0 Å². The van der Waals surface area contributed by atoms with Gasteiger partial charge in [-0.05, 0) is 24.6 Å². The number of amides is 2. The largest absolute Gasteiger partial charge is 0.497 e. The molecule has 2 saturated heterocycles. The predicted octanol–water partition coefficient (Wildman–Crippen LogP) is 0.843. The van der Waals surface area contributed by atoms with Crippen molar-refractivity contribution in [3.8, 4) is 5.75 Å². The molecule has 0 spiro atoms. The number of benzene rings is 1. The van der Waals surface area contributed by atoms with Crippen LogP contribution < -0.4 is 4.74 Å². The summed E-state index contributed by atoms with van der Waals surface area (Å²) in [4.78, 5) is 39.1. The molecular formula is C17H20N2O5. The van der Waals surface area contributed by atoms with Crippen molar-refractivity contribution in [3.63, 3.8) is 0 Å². The average Bonchev–Trinajstić information content (AvgIpc) is 3.20. The summed E-state index contributed by atoms with van der Waals surface area (Å²) in [5.41, 5.74) is 0.547. The van der Waals surface area contributed by atoms with Gasteiger partial charge in [-0.2, -0.15) is 0 Å². The summed E-state index contributed by atoms with van der Waals surface area (Å²) in [5, 5.41) is 9.07. The first-order valence-corrected chi connectivity index (χ1v) is 7.95. The van der Waals surface area contributed by atoms with Crippen molar-refractivity contribution in [3.05, 3.63) is 29.8 Å². The molecule has 1 aromatic rings. The molecule has 0 bridgehead atoms. The average molecular weight is 332 g/mol. The minimum absolute atomic E-state index is 0.0513. The third kappa shape index (κ3) is 3.06. The molecule has 1 aromatic carbocycles. The number of carbonyl (C=O) groups excluding carboxylic acids is 2. The van der Waals surface area contributed by atoms with Crippen molar-refractivity contribution < 1.29 is 24.2 Å². The van der Waals surface area contributed by atoms with Crippen LogP contribution in [0.15, 0.2) is 24.3 Å². The molecule has 2 unspecified atom stereocenters. The van der Waals surface area contributed by atoms with E-state index in [9.17, 15) is 14.4 Å². The third-order valence-corrected chi connectivity index (χ3v) is 4.72. The zero-order valence-electron chi connectivity index (χ0n) is 13.5. The molecule has 0 radical (unpaired) electrons. The number of nitrogens with zero attached hydrogens (tertiary/aromatic N) is 2. The summed E-state index contributed by atoms with van der Waals surface area (Å²) in [6.07, 6.45) is 0.726. The fourth-order valence-corrected chi connectivity index (χ4v) is 3.37. The standard InChI is InChI=1S/C17H20N2O5/c1-24-14-4-2-3-11(7-14)16(21)18-6-5-13(10-18)19-9-12(17(22)23)8-15(19)20/h2-4,7,12-13H,5-6,8-10H2,1H3,(H,22,23). The van der Waals surface area contributed by atoms with Gasteiger partial charge in [0, 0.05) is 31.6 Å². The summed E-state index contributed by atoms with van der Waals surface area (Å²) in [6, 6.07) is 6.87. The lowest BCUT2D eigenvalue weighted by atomic mass is 10.1. The van der Waals surface area contributed by atoms with Gasteiger partial charge in [0.05, 0.1) is 19.1 Å². The maximum atomic E-state index is 12.6. The summed E-state index contributed by atoms with van der Waals surface area (Å²) in [6.45, 7) is 1.23. The normalized spacial score (nSPS) is 23.6. The molecular weight excluding hydrogens is 312 g/mol. The number of likely N-dealkylation sites (tertiary alicyclic amines) is 2. The van der Waals surface area contributed by atoms with Crippen LogP contribution in [0.4, 0.5) is 0 Å². The monoisotopic (exact) mass is 332 g/mol. The van der Waals surface area contributed by atoms with E-state index in [-0.39, 0.29) is 30.8 Å². The first-order chi connectivity index (χ1) is 11.5. The molecule has 0 aromatic heterocycles. The van der Waals surface area contributed by atoms with E-state index in [0.717, 1.165) is 0 Å². The second-order valence-corrected chi connectivity index (χ2v) is 6.21. The van der Waals surface area contributed by atoms with Crippen molar-refractivity contribution in [2.75, 3.05) is 26.7 Å². The molecule has 2 amide bonds. The summed E-state index contributed by atoms with van der Waals surface area (Å²) in [7, 11) is 1.55. The number of carboxylic acid groups (broad SMARTS) is 1. The Kier molecular flexibility index (Phi) is 4.42. The second kappa shape index (κ2) is 6.51. The maximum Gasteiger partial charge on any atom is 0.308 e. The Hall–Kier alpha value is -2.57. The Morgan fingerprint density at radius 2 is 2.08 bits per heavy atom. The third-order valence-electron chi connectivity index (χ3n) is 4.72. The molecule has 2 aliphatic heterocycles. The molecule has 2 heterocycles. The van der Waals surface area contributed by atoms with Crippen molar-refractivity contribution in [2.45, 2.75) is 18.9 Å². The zero-order chi connectivity index (χ0) is 17.3. The number of carbonyl (C=O) groups is 3. The topological polar surface area (TPSA) is 87.2 Å². The smallest absolute Gasteiger partial charge is 0.308 e. The Morgan fingerprint density at radius 3 is 2.75 bits per heavy atom. The number of ether oxygens (including phenoxy) is 1. The van der Waals surface area contributed by atoms with Crippen LogP contribution in [0.2, 0.25) is 0 Å².